The maximum absolute atomic E-state index is 5.06. The van der Waals surface area contributed by atoms with Gasteiger partial charge in [-0.2, -0.15) is 0 Å². The molecule has 0 saturated heterocycles. The topological polar surface area (TPSA) is 59.3 Å². The zero-order valence-corrected chi connectivity index (χ0v) is 20.3. The largest absolute Gasteiger partial charge is 0.345 e. The van der Waals surface area contributed by atoms with Crippen LogP contribution in [0.5, 0.6) is 0 Å². The summed E-state index contributed by atoms with van der Waals surface area (Å²) in [7, 11) is 0. The van der Waals surface area contributed by atoms with Crippen LogP contribution >= 0.6 is 0 Å². The van der Waals surface area contributed by atoms with Crippen molar-refractivity contribution in [3.8, 4) is 28.3 Å². The van der Waals surface area contributed by atoms with Crippen molar-refractivity contribution < 1.29 is 9.13 Å². The van der Waals surface area contributed by atoms with E-state index in [9.17, 15) is 0 Å². The quantitative estimate of drug-likeness (QED) is 0.285. The summed E-state index contributed by atoms with van der Waals surface area (Å²) in [5.41, 5.74) is 5.38. The van der Waals surface area contributed by atoms with Gasteiger partial charge in [0.1, 0.15) is 18.9 Å². The number of aromatic nitrogens is 6. The lowest BCUT2D eigenvalue weighted by atomic mass is 9.86. The van der Waals surface area contributed by atoms with Crippen LogP contribution in [0.4, 0.5) is 0 Å². The number of aryl methyl sites for hydroxylation is 1. The molecule has 6 nitrogen and oxygen atoms in total. The van der Waals surface area contributed by atoms with E-state index in [1.807, 2.05) is 17.0 Å². The minimum Gasteiger partial charge on any atom is -0.252 e. The molecule has 0 atom stereocenters. The molecule has 0 amide bonds. The van der Waals surface area contributed by atoms with Gasteiger partial charge in [0.25, 0.3) is 0 Å². The van der Waals surface area contributed by atoms with Crippen molar-refractivity contribution in [1.82, 2.24) is 19.9 Å². The van der Waals surface area contributed by atoms with Crippen LogP contribution in [0.2, 0.25) is 0 Å². The molecule has 172 valence electrons. The molecule has 1 aliphatic carbocycles. The fourth-order valence-corrected chi connectivity index (χ4v) is 4.77. The molecular formula is C28H32N6+2. The van der Waals surface area contributed by atoms with Gasteiger partial charge in [0.15, 0.2) is 24.4 Å². The van der Waals surface area contributed by atoms with Crippen molar-refractivity contribution in [3.05, 3.63) is 79.0 Å². The van der Waals surface area contributed by atoms with Crippen LogP contribution in [-0.2, 0) is 12.0 Å². The summed E-state index contributed by atoms with van der Waals surface area (Å²) in [4.78, 5) is 18.4. The van der Waals surface area contributed by atoms with Crippen LogP contribution in [0.25, 0.3) is 28.3 Å². The van der Waals surface area contributed by atoms with Gasteiger partial charge >= 0.3 is 5.82 Å². The second kappa shape index (κ2) is 9.37. The van der Waals surface area contributed by atoms with Crippen LogP contribution in [0.1, 0.15) is 64.1 Å². The summed E-state index contributed by atoms with van der Waals surface area (Å²) in [6.45, 7) is 7.77. The van der Waals surface area contributed by atoms with Crippen molar-refractivity contribution in [3.63, 3.8) is 0 Å². The number of rotatable bonds is 8. The lowest BCUT2D eigenvalue weighted by Crippen LogP contribution is -2.33. The van der Waals surface area contributed by atoms with Crippen LogP contribution in [0.15, 0.2) is 67.8 Å². The number of hydrogen-bond acceptors (Lipinski definition) is 4. The summed E-state index contributed by atoms with van der Waals surface area (Å²) < 4.78 is 4.28. The van der Waals surface area contributed by atoms with Crippen LogP contribution in [-0.4, -0.2) is 19.9 Å². The van der Waals surface area contributed by atoms with Gasteiger partial charge in [-0.15, -0.1) is 0 Å². The molecule has 0 aromatic carbocycles. The van der Waals surface area contributed by atoms with Crippen molar-refractivity contribution in [2.75, 3.05) is 0 Å². The first kappa shape index (κ1) is 22.3. The smallest absolute Gasteiger partial charge is 0.252 e. The van der Waals surface area contributed by atoms with E-state index >= 15 is 0 Å². The fourth-order valence-electron chi connectivity index (χ4n) is 4.77. The van der Waals surface area contributed by atoms with E-state index in [1.54, 1.807) is 18.6 Å². The summed E-state index contributed by atoms with van der Waals surface area (Å²) in [5, 5.41) is 0. The van der Waals surface area contributed by atoms with Gasteiger partial charge in [-0.25, -0.2) is 19.1 Å². The molecule has 0 bridgehead atoms. The predicted octanol–water partition coefficient (Wildman–Crippen LogP) is 4.77. The molecule has 0 N–H and O–H groups in total. The maximum atomic E-state index is 5.06. The van der Waals surface area contributed by atoms with E-state index in [4.69, 9.17) is 9.97 Å². The van der Waals surface area contributed by atoms with Gasteiger partial charge in [-0.1, -0.05) is 26.2 Å². The molecule has 1 aliphatic rings. The first-order valence-corrected chi connectivity index (χ1v) is 12.3. The second-order valence-electron chi connectivity index (χ2n) is 9.56. The van der Waals surface area contributed by atoms with Gasteiger partial charge in [0.05, 0.1) is 18.1 Å². The normalized spacial score (nSPS) is 13.5. The number of fused-ring (bicyclic) bond motifs is 3. The highest BCUT2D eigenvalue weighted by Crippen LogP contribution is 2.47. The summed E-state index contributed by atoms with van der Waals surface area (Å²) in [6.07, 6.45) is 22.1. The lowest BCUT2D eigenvalue weighted by Gasteiger charge is -2.19. The number of unbranched alkanes of at least 4 members (excludes halogenated alkanes) is 4. The van der Waals surface area contributed by atoms with Crippen molar-refractivity contribution in [1.29, 1.82) is 0 Å². The standard InChI is InChI=1S/C28H32N6/c1-4-5-6-7-8-14-33-15-9-21(10-16-33)27-31-18-23-22-11-17-34(25-19-29-12-13-30-25)20-24(22)28(2,3)26(23)32-27/h9-13,15-20H,4-8,14H2,1-3H3/q+2. The molecule has 6 heteroatoms. The Morgan fingerprint density at radius 1 is 0.853 bits per heavy atom. The first-order valence-electron chi connectivity index (χ1n) is 12.3. The fraction of sp³-hybridized carbons (Fsp3) is 0.357. The van der Waals surface area contributed by atoms with Crippen molar-refractivity contribution in [2.24, 2.45) is 0 Å². The third-order valence-corrected chi connectivity index (χ3v) is 6.79. The van der Waals surface area contributed by atoms with Gasteiger partial charge in [0.2, 0.25) is 0 Å². The van der Waals surface area contributed by atoms with Crippen LogP contribution in [0.3, 0.4) is 0 Å². The minimum absolute atomic E-state index is 0.235. The first-order chi connectivity index (χ1) is 16.6. The van der Waals surface area contributed by atoms with Gasteiger partial charge in [-0.3, -0.25) is 4.98 Å². The Labute approximate surface area is 201 Å². The van der Waals surface area contributed by atoms with E-state index in [0.717, 1.165) is 35.0 Å². The lowest BCUT2D eigenvalue weighted by molar-refractivity contribution is -0.697. The van der Waals surface area contributed by atoms with Gasteiger partial charge < -0.3 is 0 Å². The molecule has 0 radical (unpaired) electrons. The molecular weight excluding hydrogens is 420 g/mol. The molecule has 4 aromatic heterocycles. The Kier molecular flexibility index (Phi) is 6.14. The van der Waals surface area contributed by atoms with Gasteiger partial charge in [0, 0.05) is 46.9 Å². The molecule has 34 heavy (non-hydrogen) atoms. The van der Waals surface area contributed by atoms with E-state index in [2.05, 4.69) is 72.1 Å². The summed E-state index contributed by atoms with van der Waals surface area (Å²) in [6, 6.07) is 6.39. The average molecular weight is 453 g/mol. The molecule has 4 aromatic rings. The Balaban J connectivity index is 1.39. The molecule has 0 spiro atoms. The average Bonchev–Trinajstić information content (AvgIpc) is 3.10. The minimum atomic E-state index is -0.235. The van der Waals surface area contributed by atoms with Crippen molar-refractivity contribution in [2.45, 2.75) is 64.8 Å². The summed E-state index contributed by atoms with van der Waals surface area (Å²) in [5.74, 6) is 1.57. The number of nitrogens with zero attached hydrogens (tertiary/aromatic N) is 6. The number of pyridine rings is 2. The Morgan fingerprint density at radius 3 is 2.44 bits per heavy atom. The molecule has 0 aliphatic heterocycles. The highest BCUT2D eigenvalue weighted by molar-refractivity contribution is 5.78. The molecule has 0 fully saturated rings. The SMILES string of the molecule is CCCCCCC[n+]1ccc(-c2ncc3c(n2)C(C)(C)c2c[n+](-c4cnccn4)ccc2-3)cc1. The number of hydrogen-bond donors (Lipinski definition) is 0. The molecule has 4 heterocycles. The Hall–Kier alpha value is -3.54. The predicted molar refractivity (Wildman–Crippen MR) is 131 cm³/mol. The third-order valence-electron chi connectivity index (χ3n) is 6.79. The molecule has 5 rings (SSSR count). The second-order valence-corrected chi connectivity index (χ2v) is 9.56. The zero-order valence-electron chi connectivity index (χ0n) is 20.3. The highest BCUT2D eigenvalue weighted by atomic mass is 15.1. The molecule has 0 unspecified atom stereocenters. The van der Waals surface area contributed by atoms with E-state index in [0.29, 0.717) is 0 Å². The van der Waals surface area contributed by atoms with Crippen molar-refractivity contribution >= 4 is 0 Å². The zero-order chi connectivity index (χ0) is 23.5. The Morgan fingerprint density at radius 2 is 1.68 bits per heavy atom. The third kappa shape index (κ3) is 4.20. The monoisotopic (exact) mass is 452 g/mol. The van der Waals surface area contributed by atoms with Crippen LogP contribution in [0, 0.1) is 0 Å². The van der Waals surface area contributed by atoms with Gasteiger partial charge in [-0.05, 0) is 36.9 Å². The van der Waals surface area contributed by atoms with E-state index in [-0.39, 0.29) is 5.41 Å². The van der Waals surface area contributed by atoms with Crippen LogP contribution < -0.4 is 9.13 Å². The summed E-state index contributed by atoms with van der Waals surface area (Å²) >= 11 is 0. The van der Waals surface area contributed by atoms with E-state index < -0.39 is 0 Å². The van der Waals surface area contributed by atoms with E-state index in [1.165, 1.54) is 43.2 Å². The Bertz CT molecular complexity index is 1280. The highest BCUT2D eigenvalue weighted by Gasteiger charge is 2.39. The maximum Gasteiger partial charge on any atom is 0.345 e. The molecule has 0 saturated carbocycles.